The standard InChI is InChI=1S/C18H19N3OS.C11H15F3.C2H6/c1-12(10-14-5-9-20-11-13(14)2)16-15(21-17(19)23-16)4-8-18(22)6-3-7-18;1-4-6-9(3)7-8-10(5-2)11(12,13)14;1-2/h5,9-11,22H,3,6-7H2,1-2H3,(H2,19,21);5,7-8H,2,4,6H2,1,3H3;1-2H3/b12-10+;9-7+,10-8+;. The molecule has 0 bridgehead atoms. The molecule has 1 aliphatic rings. The van der Waals surface area contributed by atoms with Gasteiger partial charge >= 0.3 is 6.18 Å². The van der Waals surface area contributed by atoms with E-state index in [0.29, 0.717) is 10.8 Å². The van der Waals surface area contributed by atoms with E-state index >= 15 is 0 Å². The van der Waals surface area contributed by atoms with Crippen molar-refractivity contribution in [1.82, 2.24) is 9.97 Å². The fraction of sp³-hybridized carbons (Fsp3) is 0.419. The summed E-state index contributed by atoms with van der Waals surface area (Å²) in [6.45, 7) is 15.0. The molecule has 0 atom stereocenters. The number of aromatic nitrogens is 2. The van der Waals surface area contributed by atoms with Crippen molar-refractivity contribution in [2.75, 3.05) is 5.73 Å². The van der Waals surface area contributed by atoms with Gasteiger partial charge in [-0.15, -0.1) is 0 Å². The van der Waals surface area contributed by atoms with Gasteiger partial charge in [-0.2, -0.15) is 13.2 Å². The first-order chi connectivity index (χ1) is 18.4. The molecular weight excluding hydrogens is 519 g/mol. The summed E-state index contributed by atoms with van der Waals surface area (Å²) in [6.07, 6.45) is 9.05. The second-order valence-electron chi connectivity index (χ2n) is 9.01. The first-order valence-electron chi connectivity index (χ1n) is 13.1. The number of nitrogen functional groups attached to an aromatic ring is 1. The van der Waals surface area contributed by atoms with Crippen molar-refractivity contribution < 1.29 is 18.3 Å². The maximum absolute atomic E-state index is 12.2. The van der Waals surface area contributed by atoms with Gasteiger partial charge in [0.15, 0.2) is 5.13 Å². The molecule has 3 N–H and O–H groups in total. The van der Waals surface area contributed by atoms with Gasteiger partial charge in [0.1, 0.15) is 11.3 Å². The monoisotopic (exact) mass is 559 g/mol. The summed E-state index contributed by atoms with van der Waals surface area (Å²) in [5.74, 6) is 5.98. The van der Waals surface area contributed by atoms with Crippen LogP contribution in [0.3, 0.4) is 0 Å². The van der Waals surface area contributed by atoms with Crippen LogP contribution < -0.4 is 5.73 Å². The number of aliphatic hydroxyl groups is 1. The average molecular weight is 560 g/mol. The number of nitrogens with two attached hydrogens (primary N) is 1. The third kappa shape index (κ3) is 11.2. The van der Waals surface area contributed by atoms with E-state index in [1.54, 1.807) is 6.20 Å². The van der Waals surface area contributed by atoms with Crippen LogP contribution >= 0.6 is 11.3 Å². The third-order valence-corrected chi connectivity index (χ3v) is 6.79. The van der Waals surface area contributed by atoms with Crippen LogP contribution in [0.25, 0.3) is 11.6 Å². The van der Waals surface area contributed by atoms with Crippen LogP contribution in [-0.4, -0.2) is 26.9 Å². The second kappa shape index (κ2) is 16.1. The predicted octanol–water partition coefficient (Wildman–Crippen LogP) is 8.69. The number of anilines is 1. The van der Waals surface area contributed by atoms with Gasteiger partial charge in [0.05, 0.1) is 10.5 Å². The van der Waals surface area contributed by atoms with E-state index in [9.17, 15) is 18.3 Å². The second-order valence-corrected chi connectivity index (χ2v) is 10.0. The van der Waals surface area contributed by atoms with Crippen molar-refractivity contribution in [3.63, 3.8) is 0 Å². The first kappa shape index (κ1) is 33.9. The first-order valence-corrected chi connectivity index (χ1v) is 13.9. The van der Waals surface area contributed by atoms with Crippen LogP contribution in [0.2, 0.25) is 0 Å². The zero-order valence-corrected chi connectivity index (χ0v) is 24.6. The summed E-state index contributed by atoms with van der Waals surface area (Å²) in [7, 11) is 0. The molecule has 39 heavy (non-hydrogen) atoms. The summed E-state index contributed by atoms with van der Waals surface area (Å²) in [4.78, 5) is 9.38. The highest BCUT2D eigenvalue weighted by molar-refractivity contribution is 7.16. The van der Waals surface area contributed by atoms with Crippen molar-refractivity contribution in [3.05, 3.63) is 76.1 Å². The van der Waals surface area contributed by atoms with E-state index in [4.69, 9.17) is 5.73 Å². The fourth-order valence-electron chi connectivity index (χ4n) is 3.43. The summed E-state index contributed by atoms with van der Waals surface area (Å²) < 4.78 is 36.6. The van der Waals surface area contributed by atoms with Crippen molar-refractivity contribution in [2.45, 2.75) is 85.4 Å². The average Bonchev–Trinajstić information content (AvgIpc) is 3.25. The van der Waals surface area contributed by atoms with Gasteiger partial charge in [0.25, 0.3) is 0 Å². The number of allylic oxidation sites excluding steroid dienone is 6. The normalized spacial score (nSPS) is 15.0. The van der Waals surface area contributed by atoms with Crippen LogP contribution in [0.1, 0.15) is 88.4 Å². The fourth-order valence-corrected chi connectivity index (χ4v) is 4.19. The molecule has 0 saturated heterocycles. The van der Waals surface area contributed by atoms with Crippen LogP contribution in [0, 0.1) is 18.8 Å². The van der Waals surface area contributed by atoms with E-state index in [0.717, 1.165) is 71.4 Å². The molecule has 0 amide bonds. The van der Waals surface area contributed by atoms with E-state index in [1.165, 1.54) is 17.4 Å². The van der Waals surface area contributed by atoms with E-state index in [-0.39, 0.29) is 0 Å². The highest BCUT2D eigenvalue weighted by Crippen LogP contribution is 2.32. The lowest BCUT2D eigenvalue weighted by Crippen LogP contribution is -2.34. The molecule has 1 fully saturated rings. The lowest BCUT2D eigenvalue weighted by atomic mass is 9.81. The number of thiazole rings is 1. The number of pyridine rings is 1. The zero-order valence-electron chi connectivity index (χ0n) is 23.7. The minimum atomic E-state index is -4.30. The maximum atomic E-state index is 12.2. The highest BCUT2D eigenvalue weighted by Gasteiger charge is 2.32. The summed E-state index contributed by atoms with van der Waals surface area (Å²) in [5, 5.41) is 10.6. The Morgan fingerprint density at radius 2 is 1.92 bits per heavy atom. The zero-order chi connectivity index (χ0) is 29.6. The van der Waals surface area contributed by atoms with Gasteiger partial charge in [-0.3, -0.25) is 4.98 Å². The Bertz CT molecular complexity index is 1240. The maximum Gasteiger partial charge on any atom is 0.416 e. The molecule has 0 unspecified atom stereocenters. The molecule has 2 aromatic rings. The molecule has 1 aliphatic carbocycles. The Morgan fingerprint density at radius 3 is 2.44 bits per heavy atom. The lowest BCUT2D eigenvalue weighted by molar-refractivity contribution is -0.0881. The molecule has 0 spiro atoms. The van der Waals surface area contributed by atoms with Gasteiger partial charge in [-0.25, -0.2) is 4.98 Å². The minimum absolute atomic E-state index is 0.490. The number of alkyl halides is 3. The van der Waals surface area contributed by atoms with Gasteiger partial charge in [-0.1, -0.05) is 80.9 Å². The molecule has 4 nitrogen and oxygen atoms in total. The van der Waals surface area contributed by atoms with E-state index in [1.807, 2.05) is 53.8 Å². The smallest absolute Gasteiger partial charge is 0.378 e. The molecule has 3 rings (SSSR count). The van der Waals surface area contributed by atoms with Crippen LogP contribution in [0.15, 0.2) is 54.4 Å². The SMILES string of the molecule is C/C(=C\c1ccncc1C)c1sc(N)nc1C#CC1(O)CCC1.C=C/C(=C\C=C(/C)CCC)C(F)(F)F.CC. The van der Waals surface area contributed by atoms with Gasteiger partial charge in [0.2, 0.25) is 0 Å². The molecule has 212 valence electrons. The summed E-state index contributed by atoms with van der Waals surface area (Å²) >= 11 is 1.42. The Labute approximate surface area is 235 Å². The van der Waals surface area contributed by atoms with Crippen molar-refractivity contribution >= 4 is 28.1 Å². The van der Waals surface area contributed by atoms with Crippen molar-refractivity contribution in [3.8, 4) is 11.8 Å². The largest absolute Gasteiger partial charge is 0.416 e. The molecule has 1 saturated carbocycles. The molecular formula is C31H40F3N3OS. The van der Waals surface area contributed by atoms with Crippen molar-refractivity contribution in [2.24, 2.45) is 0 Å². The topological polar surface area (TPSA) is 72.0 Å². The number of hydrogen-bond donors (Lipinski definition) is 2. The Kier molecular flexibility index (Phi) is 14.0. The van der Waals surface area contributed by atoms with Crippen LogP contribution in [0.4, 0.5) is 18.3 Å². The van der Waals surface area contributed by atoms with Gasteiger partial charge in [0, 0.05) is 12.4 Å². The Hall–Kier alpha value is -3.15. The highest BCUT2D eigenvalue weighted by atomic mass is 32.1. The molecule has 2 heterocycles. The van der Waals surface area contributed by atoms with Crippen LogP contribution in [-0.2, 0) is 0 Å². The minimum Gasteiger partial charge on any atom is -0.378 e. The van der Waals surface area contributed by atoms with E-state index in [2.05, 4.69) is 34.5 Å². The Morgan fingerprint density at radius 1 is 1.26 bits per heavy atom. The van der Waals surface area contributed by atoms with Gasteiger partial charge < -0.3 is 10.8 Å². The quantitative estimate of drug-likeness (QED) is 0.274. The number of aryl methyl sites for hydroxylation is 1. The number of halogens is 3. The third-order valence-electron chi connectivity index (χ3n) is 5.77. The van der Waals surface area contributed by atoms with E-state index < -0.39 is 17.4 Å². The molecule has 2 aromatic heterocycles. The number of rotatable bonds is 6. The summed E-state index contributed by atoms with van der Waals surface area (Å²) in [5.41, 5.74) is 9.19. The predicted molar refractivity (Wildman–Crippen MR) is 159 cm³/mol. The number of hydrogen-bond acceptors (Lipinski definition) is 5. The Balaban J connectivity index is 0.000000411. The van der Waals surface area contributed by atoms with Gasteiger partial charge in [-0.05, 0) is 75.1 Å². The summed E-state index contributed by atoms with van der Waals surface area (Å²) in [6, 6.07) is 1.98. The number of nitrogens with zero attached hydrogens (tertiary/aromatic N) is 2. The van der Waals surface area contributed by atoms with Crippen LogP contribution in [0.5, 0.6) is 0 Å². The molecule has 0 aromatic carbocycles. The molecule has 8 heteroatoms. The lowest BCUT2D eigenvalue weighted by Gasteiger charge is -2.30. The molecule has 0 aliphatic heterocycles. The van der Waals surface area contributed by atoms with Crippen molar-refractivity contribution in [1.29, 1.82) is 0 Å². The molecule has 0 radical (unpaired) electrons.